The fourth-order valence-electron chi connectivity index (χ4n) is 4.00. The van der Waals surface area contributed by atoms with Crippen molar-refractivity contribution in [1.29, 1.82) is 0 Å². The molecule has 0 amide bonds. The predicted octanol–water partition coefficient (Wildman–Crippen LogP) is 5.84. The lowest BCUT2D eigenvalue weighted by molar-refractivity contribution is 0.104. The molecule has 6 heteroatoms. The Balaban J connectivity index is 1.81. The van der Waals surface area contributed by atoms with E-state index in [4.69, 9.17) is 16.3 Å². The van der Waals surface area contributed by atoms with Gasteiger partial charge in [0.1, 0.15) is 11.9 Å². The summed E-state index contributed by atoms with van der Waals surface area (Å²) < 4.78 is 7.61. The van der Waals surface area contributed by atoms with Crippen molar-refractivity contribution >= 4 is 33.2 Å². The number of aromatic nitrogens is 1. The van der Waals surface area contributed by atoms with E-state index < -0.39 is 6.10 Å². The Morgan fingerprint density at radius 1 is 1.34 bits per heavy atom. The number of likely N-dealkylation sites (N-methyl/N-ethyl adjacent to an activating group) is 1. The summed E-state index contributed by atoms with van der Waals surface area (Å²) in [5, 5.41) is 11.0. The molecule has 1 N–H and O–H groups in total. The Morgan fingerprint density at radius 3 is 2.93 bits per heavy atom. The number of aliphatic hydroxyl groups is 1. The van der Waals surface area contributed by atoms with Crippen LogP contribution in [-0.4, -0.2) is 41.2 Å². The minimum absolute atomic E-state index is 0.172. The highest BCUT2D eigenvalue weighted by molar-refractivity contribution is 7.19. The molecule has 1 fully saturated rings. The van der Waals surface area contributed by atoms with Gasteiger partial charge in [-0.15, -0.1) is 11.3 Å². The van der Waals surface area contributed by atoms with Crippen LogP contribution in [0, 0.1) is 6.92 Å². The molecule has 4 rings (SSSR count). The number of aliphatic hydroxyl groups excluding tert-OH is 1. The molecular formula is C23H27ClN2O2S. The van der Waals surface area contributed by atoms with Crippen molar-refractivity contribution < 1.29 is 9.84 Å². The van der Waals surface area contributed by atoms with Gasteiger partial charge in [-0.05, 0) is 69.6 Å². The molecular weight excluding hydrogens is 404 g/mol. The number of pyridine rings is 1. The lowest BCUT2D eigenvalue weighted by Gasteiger charge is -2.31. The number of aryl methyl sites for hydroxylation is 1. The molecule has 0 bridgehead atoms. The van der Waals surface area contributed by atoms with Crippen LogP contribution in [0.25, 0.3) is 21.3 Å². The fourth-order valence-corrected chi connectivity index (χ4v) is 5.49. The van der Waals surface area contributed by atoms with E-state index in [-0.39, 0.29) is 6.10 Å². The molecule has 0 aliphatic carbocycles. The van der Waals surface area contributed by atoms with E-state index in [0.29, 0.717) is 11.4 Å². The molecule has 1 aliphatic rings. The van der Waals surface area contributed by atoms with Gasteiger partial charge in [0.2, 0.25) is 0 Å². The number of ether oxygens (including phenoxy) is 1. The maximum absolute atomic E-state index is 10.3. The van der Waals surface area contributed by atoms with Crippen molar-refractivity contribution in [1.82, 2.24) is 9.88 Å². The molecule has 0 radical (unpaired) electrons. The number of piperidine rings is 1. The monoisotopic (exact) mass is 430 g/mol. The van der Waals surface area contributed by atoms with Crippen molar-refractivity contribution in [3.05, 3.63) is 45.9 Å². The van der Waals surface area contributed by atoms with Crippen LogP contribution >= 0.6 is 22.9 Å². The first kappa shape index (κ1) is 20.6. The number of benzene rings is 1. The van der Waals surface area contributed by atoms with E-state index >= 15 is 0 Å². The molecule has 0 spiro atoms. The van der Waals surface area contributed by atoms with Gasteiger partial charge in [-0.2, -0.15) is 0 Å². The summed E-state index contributed by atoms with van der Waals surface area (Å²) >= 11 is 8.05. The van der Waals surface area contributed by atoms with E-state index in [1.54, 1.807) is 11.3 Å². The molecule has 1 saturated heterocycles. The molecule has 1 aromatic carbocycles. The number of hydrogen-bond acceptors (Lipinski definition) is 5. The Morgan fingerprint density at radius 2 is 2.17 bits per heavy atom. The maximum Gasteiger partial charge on any atom is 0.130 e. The zero-order valence-electron chi connectivity index (χ0n) is 17.1. The van der Waals surface area contributed by atoms with E-state index in [2.05, 4.69) is 23.9 Å². The molecule has 3 heterocycles. The quantitative estimate of drug-likeness (QED) is 0.552. The zero-order valence-corrected chi connectivity index (χ0v) is 18.7. The van der Waals surface area contributed by atoms with Gasteiger partial charge in [0, 0.05) is 33.8 Å². The number of fused-ring (bicyclic) bond motifs is 1. The Labute approximate surface area is 181 Å². The predicted molar refractivity (Wildman–Crippen MR) is 121 cm³/mol. The van der Waals surface area contributed by atoms with E-state index in [9.17, 15) is 5.11 Å². The van der Waals surface area contributed by atoms with Gasteiger partial charge in [-0.3, -0.25) is 4.98 Å². The number of halogens is 1. The third-order valence-corrected chi connectivity index (χ3v) is 7.02. The largest absolute Gasteiger partial charge is 0.488 e. The molecule has 2 aromatic heterocycles. The number of thiophene rings is 1. The van der Waals surface area contributed by atoms with Gasteiger partial charge >= 0.3 is 0 Å². The smallest absolute Gasteiger partial charge is 0.130 e. The third kappa shape index (κ3) is 4.29. The fraction of sp³-hybridized carbons (Fsp3) is 0.435. The van der Waals surface area contributed by atoms with Gasteiger partial charge in [-0.25, -0.2) is 0 Å². The van der Waals surface area contributed by atoms with Crippen LogP contribution in [0.4, 0.5) is 0 Å². The van der Waals surface area contributed by atoms with Crippen molar-refractivity contribution in [2.75, 3.05) is 20.1 Å². The first-order valence-corrected chi connectivity index (χ1v) is 11.4. The summed E-state index contributed by atoms with van der Waals surface area (Å²) in [6, 6.07) is 7.96. The molecule has 2 unspecified atom stereocenters. The molecule has 29 heavy (non-hydrogen) atoms. The van der Waals surface area contributed by atoms with Gasteiger partial charge in [0.05, 0.1) is 16.3 Å². The molecule has 2 atom stereocenters. The summed E-state index contributed by atoms with van der Waals surface area (Å²) in [5.41, 5.74) is 3.99. The highest BCUT2D eigenvalue weighted by Gasteiger charge is 2.23. The Bertz CT molecular complexity index is 1020. The summed E-state index contributed by atoms with van der Waals surface area (Å²) in [5.74, 6) is 0.896. The molecule has 154 valence electrons. The summed E-state index contributed by atoms with van der Waals surface area (Å²) in [7, 11) is 2.14. The van der Waals surface area contributed by atoms with Gasteiger partial charge in [0.25, 0.3) is 0 Å². The first-order valence-electron chi connectivity index (χ1n) is 10.2. The number of rotatable bonds is 5. The third-order valence-electron chi connectivity index (χ3n) is 5.54. The van der Waals surface area contributed by atoms with Crippen molar-refractivity contribution in [3.8, 4) is 16.9 Å². The van der Waals surface area contributed by atoms with Crippen molar-refractivity contribution in [2.45, 2.75) is 45.3 Å². The second kappa shape index (κ2) is 8.60. The van der Waals surface area contributed by atoms with Gasteiger partial charge in [0.15, 0.2) is 0 Å². The normalized spacial score (nSPS) is 18.9. The Hall–Kier alpha value is -1.66. The number of nitrogens with zero attached hydrogens (tertiary/aromatic N) is 2. The highest BCUT2D eigenvalue weighted by atomic mass is 35.5. The lowest BCUT2D eigenvalue weighted by Crippen LogP contribution is -2.38. The maximum atomic E-state index is 10.3. The number of hydrogen-bond donors (Lipinski definition) is 1. The summed E-state index contributed by atoms with van der Waals surface area (Å²) in [6.45, 7) is 6.08. The number of likely N-dealkylation sites (tertiary alicyclic amines) is 1. The molecule has 4 nitrogen and oxygen atoms in total. The first-order chi connectivity index (χ1) is 14.0. The molecule has 3 aromatic rings. The average molecular weight is 431 g/mol. The minimum Gasteiger partial charge on any atom is -0.488 e. The van der Waals surface area contributed by atoms with Crippen molar-refractivity contribution in [2.24, 2.45) is 0 Å². The highest BCUT2D eigenvalue weighted by Crippen LogP contribution is 2.43. The Kier molecular flexibility index (Phi) is 6.11. The summed E-state index contributed by atoms with van der Waals surface area (Å²) in [4.78, 5) is 7.79. The second-order valence-electron chi connectivity index (χ2n) is 7.89. The lowest BCUT2D eigenvalue weighted by atomic mass is 10.0. The zero-order chi connectivity index (χ0) is 20.5. The SMILES string of the molecule is CCC(O)c1cc2nccc(-c3cc(Cl)cc(C)c3OC3CCCN(C)C3)c2s1. The standard InChI is InChI=1S/C23H27ClN2O2S/c1-4-20(27)21-12-19-23(29-21)17(7-8-25-19)18-11-15(24)10-14(2)22(18)28-16-6-5-9-26(3)13-16/h7-8,10-12,16,20,27H,4-6,9,13H2,1-3H3. The van der Waals surface area contributed by atoms with E-state index in [0.717, 1.165) is 63.5 Å². The average Bonchev–Trinajstić information content (AvgIpc) is 3.13. The summed E-state index contributed by atoms with van der Waals surface area (Å²) in [6.07, 6.45) is 4.42. The van der Waals surface area contributed by atoms with Crippen LogP contribution in [0.2, 0.25) is 5.02 Å². The molecule has 0 saturated carbocycles. The van der Waals surface area contributed by atoms with Crippen LogP contribution in [0.1, 0.15) is 42.7 Å². The van der Waals surface area contributed by atoms with E-state index in [1.807, 2.05) is 37.4 Å². The van der Waals surface area contributed by atoms with Crippen LogP contribution in [-0.2, 0) is 0 Å². The van der Waals surface area contributed by atoms with E-state index in [1.165, 1.54) is 0 Å². The van der Waals surface area contributed by atoms with Crippen LogP contribution in [0.5, 0.6) is 5.75 Å². The van der Waals surface area contributed by atoms with Crippen LogP contribution in [0.15, 0.2) is 30.5 Å². The van der Waals surface area contributed by atoms with Crippen molar-refractivity contribution in [3.63, 3.8) is 0 Å². The molecule has 1 aliphatic heterocycles. The minimum atomic E-state index is -0.461. The van der Waals surface area contributed by atoms with Gasteiger partial charge in [-0.1, -0.05) is 18.5 Å². The van der Waals surface area contributed by atoms with Crippen LogP contribution < -0.4 is 4.74 Å². The van der Waals surface area contributed by atoms with Gasteiger partial charge < -0.3 is 14.7 Å². The van der Waals surface area contributed by atoms with Crippen LogP contribution in [0.3, 0.4) is 0 Å². The second-order valence-corrected chi connectivity index (χ2v) is 9.41. The topological polar surface area (TPSA) is 45.6 Å².